The molecule has 0 saturated heterocycles. The van der Waals surface area contributed by atoms with E-state index in [1.165, 1.54) is 35.9 Å². The Morgan fingerprint density at radius 1 is 1.19 bits per heavy atom. The number of halogens is 1. The quantitative estimate of drug-likeness (QED) is 0.687. The molecule has 0 bridgehead atoms. The molecule has 2 heterocycles. The largest absolute Gasteiger partial charge is 0.392 e. The first kappa shape index (κ1) is 17.9. The molecule has 2 aromatic heterocycles. The number of hydrogen-bond donors (Lipinski definition) is 2. The van der Waals surface area contributed by atoms with E-state index in [2.05, 4.69) is 10.3 Å². The number of fused-ring (bicyclic) bond motifs is 1. The highest BCUT2D eigenvalue weighted by atomic mass is 19.1. The van der Waals surface area contributed by atoms with Crippen LogP contribution in [0, 0.1) is 5.82 Å². The summed E-state index contributed by atoms with van der Waals surface area (Å²) in [5.74, 6) is -0.00236. The van der Waals surface area contributed by atoms with Gasteiger partial charge in [0.15, 0.2) is 11.2 Å². The molecule has 0 aliphatic carbocycles. The second kappa shape index (κ2) is 6.75. The number of aryl methyl sites for hydroxylation is 2. The fourth-order valence-electron chi connectivity index (χ4n) is 2.75. The van der Waals surface area contributed by atoms with E-state index in [0.717, 1.165) is 4.57 Å². The van der Waals surface area contributed by atoms with Crippen LogP contribution in [0.3, 0.4) is 0 Å². The van der Waals surface area contributed by atoms with Crippen molar-refractivity contribution in [3.8, 4) is 0 Å². The lowest BCUT2D eigenvalue weighted by atomic mass is 10.2. The van der Waals surface area contributed by atoms with Crippen molar-refractivity contribution in [1.29, 1.82) is 0 Å². The van der Waals surface area contributed by atoms with Gasteiger partial charge in [-0.25, -0.2) is 9.18 Å². The fourth-order valence-corrected chi connectivity index (χ4v) is 2.75. The lowest BCUT2D eigenvalue weighted by molar-refractivity contribution is 0.208. The highest BCUT2D eigenvalue weighted by Gasteiger charge is 2.18. The molecule has 8 nitrogen and oxygen atoms in total. The lowest BCUT2D eigenvalue weighted by Gasteiger charge is -2.09. The van der Waals surface area contributed by atoms with Gasteiger partial charge >= 0.3 is 5.69 Å². The molecule has 0 amide bonds. The Hall–Kier alpha value is -2.94. The van der Waals surface area contributed by atoms with Crippen LogP contribution in [0.4, 0.5) is 10.3 Å². The van der Waals surface area contributed by atoms with Gasteiger partial charge in [-0.3, -0.25) is 13.9 Å². The Labute approximate surface area is 148 Å². The minimum atomic E-state index is -0.589. The standard InChI is InChI=1S/C17H20FN5O3/c1-10(24)8-19-16-20-14-13(21(16)2)15(25)23(17(26)22(14)3)9-11-4-6-12(18)7-5-11/h4-7,10,24H,8-9H2,1-3H3,(H,19,20)/t10-/m1/s1. The first-order chi connectivity index (χ1) is 12.3. The van der Waals surface area contributed by atoms with E-state index in [0.29, 0.717) is 11.5 Å². The smallest absolute Gasteiger partial charge is 0.332 e. The van der Waals surface area contributed by atoms with Crippen LogP contribution in [-0.4, -0.2) is 36.4 Å². The molecule has 1 aromatic carbocycles. The second-order valence-electron chi connectivity index (χ2n) is 6.26. The van der Waals surface area contributed by atoms with Crippen LogP contribution in [0.25, 0.3) is 11.2 Å². The Morgan fingerprint density at radius 2 is 1.85 bits per heavy atom. The fraction of sp³-hybridized carbons (Fsp3) is 0.353. The van der Waals surface area contributed by atoms with Crippen LogP contribution in [0.1, 0.15) is 12.5 Å². The summed E-state index contributed by atoms with van der Waals surface area (Å²) >= 11 is 0. The summed E-state index contributed by atoms with van der Waals surface area (Å²) in [5.41, 5.74) is 0.173. The SMILES string of the molecule is C[C@@H](O)CNc1nc2c(c(=O)n(Cc3ccc(F)cc3)c(=O)n2C)n1C. The van der Waals surface area contributed by atoms with E-state index >= 15 is 0 Å². The third-order valence-corrected chi connectivity index (χ3v) is 4.17. The van der Waals surface area contributed by atoms with Gasteiger partial charge < -0.3 is 15.0 Å². The molecular formula is C17H20FN5O3. The average Bonchev–Trinajstić information content (AvgIpc) is 2.93. The number of aliphatic hydroxyl groups excluding tert-OH is 1. The summed E-state index contributed by atoms with van der Waals surface area (Å²) < 4.78 is 17.0. The number of imidazole rings is 1. The van der Waals surface area contributed by atoms with Crippen LogP contribution in [-0.2, 0) is 20.6 Å². The summed E-state index contributed by atoms with van der Waals surface area (Å²) in [6.07, 6.45) is -0.589. The highest BCUT2D eigenvalue weighted by molar-refractivity contribution is 5.74. The van der Waals surface area contributed by atoms with E-state index in [-0.39, 0.29) is 30.1 Å². The molecule has 9 heteroatoms. The Balaban J connectivity index is 2.13. The number of nitrogens with one attached hydrogen (secondary N) is 1. The molecule has 26 heavy (non-hydrogen) atoms. The van der Waals surface area contributed by atoms with E-state index < -0.39 is 17.4 Å². The van der Waals surface area contributed by atoms with Crippen molar-refractivity contribution < 1.29 is 9.50 Å². The Morgan fingerprint density at radius 3 is 2.46 bits per heavy atom. The minimum absolute atomic E-state index is 0.0311. The Kier molecular flexibility index (Phi) is 4.64. The van der Waals surface area contributed by atoms with Crippen molar-refractivity contribution in [3.05, 3.63) is 56.5 Å². The third-order valence-electron chi connectivity index (χ3n) is 4.17. The number of anilines is 1. The first-order valence-corrected chi connectivity index (χ1v) is 8.12. The summed E-state index contributed by atoms with van der Waals surface area (Å²) in [7, 11) is 3.20. The number of aliphatic hydroxyl groups is 1. The van der Waals surface area contributed by atoms with E-state index in [9.17, 15) is 19.1 Å². The van der Waals surface area contributed by atoms with Gasteiger partial charge in [0, 0.05) is 20.6 Å². The van der Waals surface area contributed by atoms with E-state index in [1.54, 1.807) is 18.5 Å². The maximum Gasteiger partial charge on any atom is 0.332 e. The number of hydrogen-bond acceptors (Lipinski definition) is 5. The van der Waals surface area contributed by atoms with Gasteiger partial charge in [-0.2, -0.15) is 4.98 Å². The van der Waals surface area contributed by atoms with Crippen molar-refractivity contribution in [2.45, 2.75) is 19.6 Å². The van der Waals surface area contributed by atoms with Crippen LogP contribution in [0.15, 0.2) is 33.9 Å². The van der Waals surface area contributed by atoms with Crippen molar-refractivity contribution in [2.24, 2.45) is 14.1 Å². The molecule has 2 N–H and O–H groups in total. The molecule has 0 aliphatic heterocycles. The van der Waals surface area contributed by atoms with Crippen molar-refractivity contribution in [3.63, 3.8) is 0 Å². The van der Waals surface area contributed by atoms with Crippen LogP contribution >= 0.6 is 0 Å². The third kappa shape index (κ3) is 3.13. The summed E-state index contributed by atoms with van der Waals surface area (Å²) in [6, 6.07) is 5.63. The average molecular weight is 361 g/mol. The molecule has 0 unspecified atom stereocenters. The summed E-state index contributed by atoms with van der Waals surface area (Å²) in [5, 5.41) is 12.4. The van der Waals surface area contributed by atoms with E-state index in [1.807, 2.05) is 0 Å². The van der Waals surface area contributed by atoms with Gasteiger partial charge in [0.25, 0.3) is 5.56 Å². The Bertz CT molecular complexity index is 1060. The molecule has 0 fully saturated rings. The predicted octanol–water partition coefficient (Wildman–Crippen LogP) is 0.414. The van der Waals surface area contributed by atoms with Crippen molar-refractivity contribution >= 4 is 17.1 Å². The van der Waals surface area contributed by atoms with Crippen molar-refractivity contribution in [2.75, 3.05) is 11.9 Å². The van der Waals surface area contributed by atoms with Gasteiger partial charge in [-0.05, 0) is 24.6 Å². The van der Waals surface area contributed by atoms with Crippen LogP contribution in [0.5, 0.6) is 0 Å². The van der Waals surface area contributed by atoms with E-state index in [4.69, 9.17) is 0 Å². The van der Waals surface area contributed by atoms with Gasteiger partial charge in [-0.1, -0.05) is 12.1 Å². The topological polar surface area (TPSA) is 94.1 Å². The van der Waals surface area contributed by atoms with Gasteiger partial charge in [0.2, 0.25) is 5.95 Å². The van der Waals surface area contributed by atoms with Gasteiger partial charge in [0.05, 0.1) is 12.6 Å². The number of benzene rings is 1. The van der Waals surface area contributed by atoms with Crippen LogP contribution in [0.2, 0.25) is 0 Å². The maximum absolute atomic E-state index is 13.1. The molecule has 3 aromatic rings. The molecule has 138 valence electrons. The minimum Gasteiger partial charge on any atom is -0.392 e. The lowest BCUT2D eigenvalue weighted by Crippen LogP contribution is -2.39. The van der Waals surface area contributed by atoms with Gasteiger partial charge in [-0.15, -0.1) is 0 Å². The number of nitrogens with zero attached hydrogens (tertiary/aromatic N) is 4. The zero-order valence-corrected chi connectivity index (χ0v) is 14.7. The van der Waals surface area contributed by atoms with Crippen LogP contribution < -0.4 is 16.6 Å². The number of aromatic nitrogens is 4. The predicted molar refractivity (Wildman–Crippen MR) is 95.9 cm³/mol. The number of rotatable bonds is 5. The monoisotopic (exact) mass is 361 g/mol. The maximum atomic E-state index is 13.1. The molecule has 3 rings (SSSR count). The zero-order valence-electron chi connectivity index (χ0n) is 14.7. The highest BCUT2D eigenvalue weighted by Crippen LogP contribution is 2.13. The molecule has 0 aliphatic rings. The van der Waals surface area contributed by atoms with Crippen molar-refractivity contribution in [1.82, 2.24) is 18.7 Å². The first-order valence-electron chi connectivity index (χ1n) is 8.12. The normalized spacial score (nSPS) is 12.5. The van der Waals surface area contributed by atoms with Gasteiger partial charge in [0.1, 0.15) is 5.82 Å². The molecule has 0 radical (unpaired) electrons. The summed E-state index contributed by atoms with van der Waals surface area (Å²) in [4.78, 5) is 29.8. The molecule has 0 spiro atoms. The zero-order chi connectivity index (χ0) is 19.0. The second-order valence-corrected chi connectivity index (χ2v) is 6.26. The molecule has 0 saturated carbocycles. The molecular weight excluding hydrogens is 341 g/mol. The molecule has 1 atom stereocenters. The summed E-state index contributed by atoms with van der Waals surface area (Å²) in [6.45, 7) is 1.92.